The number of halogens is 2. The first-order chi connectivity index (χ1) is 15.5. The molecule has 2 aromatic heterocycles. The molecular weight excluding hydrogens is 428 g/mol. The molecule has 0 unspecified atom stereocenters. The fraction of sp³-hybridized carbons (Fsp3) is 0.560. The van der Waals surface area contributed by atoms with Crippen molar-refractivity contribution in [1.29, 1.82) is 0 Å². The molecule has 1 aliphatic heterocycles. The number of hydrogen-bond acceptors (Lipinski definition) is 4. The van der Waals surface area contributed by atoms with Crippen molar-refractivity contribution < 1.29 is 23.5 Å². The zero-order valence-corrected chi connectivity index (χ0v) is 20.4. The Kier molecular flexibility index (Phi) is 11.7. The van der Waals surface area contributed by atoms with Gasteiger partial charge in [0.15, 0.2) is 0 Å². The van der Waals surface area contributed by atoms with Crippen LogP contribution in [-0.2, 0) is 4.79 Å². The van der Waals surface area contributed by atoms with Crippen LogP contribution >= 0.6 is 0 Å². The molecule has 0 aromatic carbocycles. The van der Waals surface area contributed by atoms with Gasteiger partial charge in [-0.2, -0.15) is 0 Å². The molecule has 0 aliphatic carbocycles. The Bertz CT molecular complexity index is 870. The van der Waals surface area contributed by atoms with Gasteiger partial charge in [-0.25, -0.2) is 13.8 Å². The first kappa shape index (κ1) is 28.3. The van der Waals surface area contributed by atoms with E-state index in [-0.39, 0.29) is 18.1 Å². The highest BCUT2D eigenvalue weighted by Gasteiger charge is 2.19. The number of carbonyl (C=O) groups excluding carboxylic acids is 1. The van der Waals surface area contributed by atoms with Crippen LogP contribution in [0.4, 0.5) is 14.5 Å². The lowest BCUT2D eigenvalue weighted by Crippen LogP contribution is -2.18. The maximum absolute atomic E-state index is 13.2. The largest absolute Gasteiger partial charge is 0.483 e. The highest BCUT2D eigenvalue weighted by molar-refractivity contribution is 5.82. The zero-order valence-electron chi connectivity index (χ0n) is 20.4. The molecule has 1 saturated heterocycles. The Balaban J connectivity index is 0.000000417. The highest BCUT2D eigenvalue weighted by atomic mass is 19.3. The molecule has 8 heteroatoms. The first-order valence-corrected chi connectivity index (χ1v) is 11.4. The van der Waals surface area contributed by atoms with Gasteiger partial charge in [0.2, 0.25) is 5.91 Å². The number of carbonyl (C=O) groups is 2. The van der Waals surface area contributed by atoms with Crippen LogP contribution in [0.15, 0.2) is 30.5 Å². The van der Waals surface area contributed by atoms with Crippen LogP contribution in [-0.4, -0.2) is 40.1 Å². The van der Waals surface area contributed by atoms with Gasteiger partial charge < -0.3 is 10.0 Å². The number of unbranched alkanes of at least 4 members (excludes halogenated alkanes) is 1. The average molecular weight is 466 g/mol. The third-order valence-corrected chi connectivity index (χ3v) is 5.16. The Morgan fingerprint density at radius 1 is 1.24 bits per heavy atom. The summed E-state index contributed by atoms with van der Waals surface area (Å²) in [6, 6.07) is 6.66. The first-order valence-electron chi connectivity index (χ1n) is 11.4. The molecule has 1 N–H and O–H groups in total. The predicted molar refractivity (Wildman–Crippen MR) is 128 cm³/mol. The zero-order chi connectivity index (χ0) is 25.0. The van der Waals surface area contributed by atoms with Gasteiger partial charge in [-0.15, -0.1) is 0 Å². The number of nitrogens with zero attached hydrogens (tertiary/aromatic N) is 3. The van der Waals surface area contributed by atoms with Gasteiger partial charge >= 0.3 is 0 Å². The topological polar surface area (TPSA) is 75.4 Å². The van der Waals surface area contributed by atoms with Crippen LogP contribution in [0.25, 0.3) is 11.4 Å². The van der Waals surface area contributed by atoms with Gasteiger partial charge in [0.25, 0.3) is 12.9 Å². The van der Waals surface area contributed by atoms with Crippen molar-refractivity contribution in [2.45, 2.75) is 73.1 Å². The molecule has 2 aromatic rings. The Hall–Kier alpha value is -2.77. The number of carboxylic acid groups (broad SMARTS) is 1. The summed E-state index contributed by atoms with van der Waals surface area (Å²) in [6.07, 6.45) is 5.17. The van der Waals surface area contributed by atoms with E-state index in [1.165, 1.54) is 36.8 Å². The fourth-order valence-electron chi connectivity index (χ4n) is 3.51. The quantitative estimate of drug-likeness (QED) is 0.499. The molecule has 33 heavy (non-hydrogen) atoms. The third kappa shape index (κ3) is 9.72. The van der Waals surface area contributed by atoms with E-state index in [1.54, 1.807) is 24.4 Å². The number of aromatic nitrogens is 2. The minimum Gasteiger partial charge on any atom is -0.483 e. The SMILES string of the molecule is CC(=O)n1cccc1-c1cc(N2CCCC2)cc(C(F)F)n1.CCCCC(C)(C)C.O=CO. The lowest BCUT2D eigenvalue weighted by Gasteiger charge is -2.19. The minimum absolute atomic E-state index is 0.174. The van der Waals surface area contributed by atoms with Crippen LogP contribution in [0.5, 0.6) is 0 Å². The lowest BCUT2D eigenvalue weighted by atomic mass is 9.90. The molecule has 6 nitrogen and oxygen atoms in total. The van der Waals surface area contributed by atoms with Crippen molar-refractivity contribution >= 4 is 18.1 Å². The number of pyridine rings is 1. The number of rotatable bonds is 5. The Morgan fingerprint density at radius 2 is 1.85 bits per heavy atom. The average Bonchev–Trinajstić information content (AvgIpc) is 3.44. The van der Waals surface area contributed by atoms with Crippen molar-refractivity contribution in [3.05, 3.63) is 36.2 Å². The molecular formula is C25H37F2N3O3. The minimum atomic E-state index is -2.64. The summed E-state index contributed by atoms with van der Waals surface area (Å²) in [5.74, 6) is -0.174. The van der Waals surface area contributed by atoms with Crippen LogP contribution in [0.3, 0.4) is 0 Å². The van der Waals surface area contributed by atoms with E-state index in [9.17, 15) is 13.6 Å². The molecule has 0 atom stereocenters. The second-order valence-electron chi connectivity index (χ2n) is 9.18. The maximum atomic E-state index is 13.2. The van der Waals surface area contributed by atoms with Crippen molar-refractivity contribution in [2.24, 2.45) is 5.41 Å². The smallest absolute Gasteiger partial charge is 0.290 e. The molecule has 3 heterocycles. The molecule has 0 bridgehead atoms. The van der Waals surface area contributed by atoms with Crippen molar-refractivity contribution in [1.82, 2.24) is 9.55 Å². The van der Waals surface area contributed by atoms with Crippen LogP contribution < -0.4 is 4.90 Å². The van der Waals surface area contributed by atoms with Gasteiger partial charge in [-0.3, -0.25) is 14.2 Å². The van der Waals surface area contributed by atoms with E-state index in [4.69, 9.17) is 9.90 Å². The van der Waals surface area contributed by atoms with Crippen LogP contribution in [0.2, 0.25) is 0 Å². The number of anilines is 1. The lowest BCUT2D eigenvalue weighted by molar-refractivity contribution is -0.122. The monoisotopic (exact) mass is 465 g/mol. The molecule has 184 valence electrons. The van der Waals surface area contributed by atoms with Crippen LogP contribution in [0, 0.1) is 5.41 Å². The van der Waals surface area contributed by atoms with E-state index < -0.39 is 6.43 Å². The maximum Gasteiger partial charge on any atom is 0.290 e. The third-order valence-electron chi connectivity index (χ3n) is 5.16. The summed E-state index contributed by atoms with van der Waals surface area (Å²) >= 11 is 0. The number of alkyl halides is 2. The van der Waals surface area contributed by atoms with Crippen molar-refractivity contribution in [3.8, 4) is 11.4 Å². The van der Waals surface area contributed by atoms with Crippen molar-refractivity contribution in [2.75, 3.05) is 18.0 Å². The summed E-state index contributed by atoms with van der Waals surface area (Å²) < 4.78 is 27.7. The Morgan fingerprint density at radius 3 is 2.30 bits per heavy atom. The molecule has 1 fully saturated rings. The molecule has 0 saturated carbocycles. The molecule has 0 radical (unpaired) electrons. The summed E-state index contributed by atoms with van der Waals surface area (Å²) in [5.41, 5.74) is 1.98. The second-order valence-corrected chi connectivity index (χ2v) is 9.18. The predicted octanol–water partition coefficient (Wildman–Crippen LogP) is 6.67. The highest BCUT2D eigenvalue weighted by Crippen LogP contribution is 2.30. The molecule has 1 aliphatic rings. The van der Waals surface area contributed by atoms with Gasteiger partial charge in [0.05, 0.1) is 11.4 Å². The fourth-order valence-corrected chi connectivity index (χ4v) is 3.51. The molecule has 0 spiro atoms. The van der Waals surface area contributed by atoms with Crippen molar-refractivity contribution in [3.63, 3.8) is 0 Å². The van der Waals surface area contributed by atoms with Gasteiger partial charge in [0, 0.05) is 31.9 Å². The summed E-state index contributed by atoms with van der Waals surface area (Å²) in [5, 5.41) is 6.89. The van der Waals surface area contributed by atoms with E-state index in [2.05, 4.69) is 37.6 Å². The van der Waals surface area contributed by atoms with Gasteiger partial charge in [-0.05, 0) is 48.9 Å². The van der Waals surface area contributed by atoms with E-state index in [1.807, 2.05) is 0 Å². The Labute approximate surface area is 195 Å². The molecule has 3 rings (SSSR count). The van der Waals surface area contributed by atoms with E-state index in [0.29, 0.717) is 16.8 Å². The van der Waals surface area contributed by atoms with Gasteiger partial charge in [-0.1, -0.05) is 40.5 Å². The number of hydrogen-bond donors (Lipinski definition) is 1. The second kappa shape index (κ2) is 13.7. The summed E-state index contributed by atoms with van der Waals surface area (Å²) in [6.45, 7) is 12.0. The molecule has 0 amide bonds. The van der Waals surface area contributed by atoms with Crippen LogP contribution in [0.1, 0.15) is 83.6 Å². The van der Waals surface area contributed by atoms with Gasteiger partial charge in [0.1, 0.15) is 5.69 Å². The standard InChI is InChI=1S/C16H17F2N3O.C8H18.CH2O2/c1-11(22)21-8-4-5-15(21)13-9-12(20-6-2-3-7-20)10-14(19-13)16(17)18;1-5-6-7-8(2,3)4;2-1-3/h4-5,8-10,16H,2-3,6-7H2,1H3;5-7H2,1-4H3;1H,(H,2,3). The van der Waals surface area contributed by atoms with E-state index >= 15 is 0 Å². The summed E-state index contributed by atoms with van der Waals surface area (Å²) in [4.78, 5) is 26.1. The normalized spacial score (nSPS) is 13.2. The summed E-state index contributed by atoms with van der Waals surface area (Å²) in [7, 11) is 0. The van der Waals surface area contributed by atoms with E-state index in [0.717, 1.165) is 31.6 Å².